The van der Waals surface area contributed by atoms with Gasteiger partial charge in [-0.2, -0.15) is 4.98 Å². The number of nitrogens with one attached hydrogen (secondary N) is 2. The zero-order valence-electron chi connectivity index (χ0n) is 35.2. The monoisotopic (exact) mass is 838 g/mol. The minimum absolute atomic E-state index is 0.0190. The van der Waals surface area contributed by atoms with Crippen molar-refractivity contribution in [1.29, 1.82) is 5.41 Å². The highest BCUT2D eigenvalue weighted by Crippen LogP contribution is 2.25. The molecular weight excluding hydrogens is 777 g/mol. The van der Waals surface area contributed by atoms with Gasteiger partial charge >= 0.3 is 0 Å². The first-order chi connectivity index (χ1) is 29.0. The molecule has 6 N–H and O–H groups in total. The number of carbonyl (C=O) groups excluding carboxylic acids is 3. The molecule has 0 unspecified atom stereocenters. The highest BCUT2D eigenvalue weighted by Gasteiger charge is 2.18. The second kappa shape index (κ2) is 28.1. The Labute approximate surface area is 352 Å². The van der Waals surface area contributed by atoms with Gasteiger partial charge in [-0.05, 0) is 37.5 Å². The third kappa shape index (κ3) is 18.3. The lowest BCUT2D eigenvalue weighted by atomic mass is 10.0. The number of oxazole rings is 1. The van der Waals surface area contributed by atoms with E-state index in [1.54, 1.807) is 54.0 Å². The summed E-state index contributed by atoms with van der Waals surface area (Å²) in [7, 11) is 5.23. The largest absolute Gasteiger partial charge is 0.424 e. The van der Waals surface area contributed by atoms with Crippen molar-refractivity contribution in [1.82, 2.24) is 29.7 Å². The number of hydrogen-bond acceptors (Lipinski definition) is 16. The second-order valence-corrected chi connectivity index (χ2v) is 13.8. The van der Waals surface area contributed by atoms with Crippen molar-refractivity contribution in [3.63, 3.8) is 0 Å². The first kappa shape index (κ1) is 49.0. The molecule has 0 aliphatic carbocycles. The number of nitrogen functional groups attached to an aromatic ring is 2. The van der Waals surface area contributed by atoms with Gasteiger partial charge in [0.2, 0.25) is 17.7 Å². The van der Waals surface area contributed by atoms with Gasteiger partial charge in [0.25, 0.3) is 6.01 Å². The molecule has 0 saturated carbocycles. The fourth-order valence-corrected chi connectivity index (χ4v) is 5.58. The maximum Gasteiger partial charge on any atom is 0.292 e. The van der Waals surface area contributed by atoms with Gasteiger partial charge in [0.1, 0.15) is 23.5 Å². The Bertz CT molecular complexity index is 1820. The Hall–Kier alpha value is -5.39. The van der Waals surface area contributed by atoms with E-state index in [2.05, 4.69) is 26.2 Å². The maximum atomic E-state index is 12.6. The fourth-order valence-electron chi connectivity index (χ4n) is 5.58. The number of rotatable bonds is 32. The van der Waals surface area contributed by atoms with E-state index in [-0.39, 0.29) is 54.7 Å². The van der Waals surface area contributed by atoms with Crippen molar-refractivity contribution in [3.8, 4) is 12.3 Å². The molecule has 1 aromatic carbocycles. The molecule has 0 saturated heterocycles. The zero-order chi connectivity index (χ0) is 43.5. The molecule has 19 heteroatoms. The number of nitrogens with two attached hydrogens (primary N) is 2. The number of amides is 3. The van der Waals surface area contributed by atoms with Crippen molar-refractivity contribution in [2.45, 2.75) is 44.9 Å². The molecule has 330 valence electrons. The molecule has 2 heterocycles. The second-order valence-electron chi connectivity index (χ2n) is 13.8. The summed E-state index contributed by atoms with van der Waals surface area (Å²) in [6.45, 7) is 5.72. The van der Waals surface area contributed by atoms with Crippen LogP contribution in [0.25, 0.3) is 11.1 Å². The number of ether oxygens (including phenoxy) is 5. The Morgan fingerprint density at radius 1 is 0.750 bits per heavy atom. The van der Waals surface area contributed by atoms with E-state index in [0.29, 0.717) is 133 Å². The summed E-state index contributed by atoms with van der Waals surface area (Å²) in [5.74, 6) is 3.14. The van der Waals surface area contributed by atoms with Crippen molar-refractivity contribution < 1.29 is 42.5 Å². The number of nitrogens with zero attached hydrogens (tertiary/aromatic N) is 6. The topological polar surface area (TPSA) is 247 Å². The number of terminal acetylenes is 1. The van der Waals surface area contributed by atoms with Gasteiger partial charge in [-0.15, -0.1) is 12.3 Å². The minimum atomic E-state index is -0.0465. The standard InChI is InChI=1S/C41H62N10O9/c1-5-6-7-10-34(52)50(3)17-21-58-26-28-59-27-24-56-20-14-36(54)51(4)18-22-57-25-23-55-19-13-35(53)49(2)16-9-8-15-45-40-37(39(43)46-30-47-40)38(42)31-11-12-33-32(29-31)48-41(44)60-33/h1,11-12,29-30,42H,6-10,13-28H2,2-4H3,(H2,44,48)(H3,43,45,46,47). The average Bonchev–Trinajstić information content (AvgIpc) is 3.62. The van der Waals surface area contributed by atoms with E-state index in [1.165, 1.54) is 6.33 Å². The summed E-state index contributed by atoms with van der Waals surface area (Å²) in [6.07, 6.45) is 10.3. The Kier molecular flexibility index (Phi) is 23.0. The predicted molar refractivity (Wildman–Crippen MR) is 227 cm³/mol. The van der Waals surface area contributed by atoms with Crippen LogP contribution in [0, 0.1) is 17.8 Å². The molecule has 60 heavy (non-hydrogen) atoms. The van der Waals surface area contributed by atoms with E-state index in [9.17, 15) is 14.4 Å². The predicted octanol–water partition coefficient (Wildman–Crippen LogP) is 2.43. The number of unbranched alkanes of at least 4 members (excludes halogenated alkanes) is 2. The average molecular weight is 839 g/mol. The molecule has 3 amide bonds. The van der Waals surface area contributed by atoms with Crippen LogP contribution in [-0.4, -0.2) is 166 Å². The van der Waals surface area contributed by atoms with Crippen LogP contribution in [-0.2, 0) is 38.1 Å². The zero-order valence-corrected chi connectivity index (χ0v) is 35.2. The smallest absolute Gasteiger partial charge is 0.292 e. The summed E-state index contributed by atoms with van der Waals surface area (Å²) in [6, 6.07) is 5.17. The molecule has 3 aromatic rings. The fraction of sp³-hybridized carbons (Fsp3) is 0.585. The van der Waals surface area contributed by atoms with Gasteiger partial charge in [-0.25, -0.2) is 9.97 Å². The van der Waals surface area contributed by atoms with Gasteiger partial charge in [0.15, 0.2) is 5.58 Å². The number of hydrogen-bond donors (Lipinski definition) is 4. The summed E-state index contributed by atoms with van der Waals surface area (Å²) in [4.78, 5) is 54.3. The van der Waals surface area contributed by atoms with Gasteiger partial charge in [0.05, 0.1) is 90.2 Å². The summed E-state index contributed by atoms with van der Waals surface area (Å²) in [5, 5.41) is 12.0. The van der Waals surface area contributed by atoms with E-state index in [0.717, 1.165) is 12.8 Å². The number of fused-ring (bicyclic) bond motifs is 1. The van der Waals surface area contributed by atoms with Crippen molar-refractivity contribution >= 4 is 52.2 Å². The summed E-state index contributed by atoms with van der Waals surface area (Å²) in [5.41, 5.74) is 13.9. The quantitative estimate of drug-likeness (QED) is 0.0401. The Balaban J connectivity index is 1.13. The third-order valence-electron chi connectivity index (χ3n) is 9.20. The van der Waals surface area contributed by atoms with Gasteiger partial charge < -0.3 is 59.6 Å². The lowest BCUT2D eigenvalue weighted by Gasteiger charge is -2.18. The first-order valence-electron chi connectivity index (χ1n) is 20.2. The van der Waals surface area contributed by atoms with Crippen molar-refractivity contribution in [2.24, 2.45) is 0 Å². The van der Waals surface area contributed by atoms with E-state index in [1.807, 2.05) is 0 Å². The molecule has 0 atom stereocenters. The molecule has 0 fully saturated rings. The SMILES string of the molecule is C#CCCCC(=O)N(C)CCOCCOCCOCCC(=O)N(C)CCOCCOCCC(=O)N(C)CCCCNc1ncnc(N)c1C(=N)c1ccc2oc(N)nc2c1. The molecule has 0 bridgehead atoms. The van der Waals surface area contributed by atoms with Crippen LogP contribution in [0.3, 0.4) is 0 Å². The molecular formula is C41H62N10O9. The molecule has 0 aliphatic rings. The molecule has 2 aromatic heterocycles. The number of aromatic nitrogens is 3. The number of anilines is 3. The van der Waals surface area contributed by atoms with E-state index < -0.39 is 0 Å². The van der Waals surface area contributed by atoms with Crippen LogP contribution in [0.2, 0.25) is 0 Å². The number of likely N-dealkylation sites (N-methyl/N-ethyl adjacent to an activating group) is 2. The van der Waals surface area contributed by atoms with Crippen LogP contribution in [0.4, 0.5) is 17.7 Å². The van der Waals surface area contributed by atoms with E-state index >= 15 is 0 Å². The van der Waals surface area contributed by atoms with Crippen LogP contribution >= 0.6 is 0 Å². The van der Waals surface area contributed by atoms with Gasteiger partial charge in [0, 0.05) is 65.7 Å². The highest BCUT2D eigenvalue weighted by atomic mass is 16.5. The molecule has 0 aliphatic heterocycles. The van der Waals surface area contributed by atoms with Gasteiger partial charge in [-0.1, -0.05) is 0 Å². The molecule has 3 rings (SSSR count). The lowest BCUT2D eigenvalue weighted by molar-refractivity contribution is -0.132. The maximum absolute atomic E-state index is 12.6. The molecule has 0 spiro atoms. The van der Waals surface area contributed by atoms with Crippen LogP contribution in [0.5, 0.6) is 0 Å². The van der Waals surface area contributed by atoms with Crippen molar-refractivity contribution in [3.05, 3.63) is 35.7 Å². The van der Waals surface area contributed by atoms with Gasteiger partial charge in [-0.3, -0.25) is 19.8 Å². The molecule has 19 nitrogen and oxygen atoms in total. The summed E-state index contributed by atoms with van der Waals surface area (Å²) >= 11 is 0. The first-order valence-corrected chi connectivity index (χ1v) is 20.2. The minimum Gasteiger partial charge on any atom is -0.424 e. The van der Waals surface area contributed by atoms with Crippen LogP contribution in [0.15, 0.2) is 28.9 Å². The number of benzene rings is 1. The normalized spacial score (nSPS) is 11.0. The highest BCUT2D eigenvalue weighted by molar-refractivity contribution is 6.17. The summed E-state index contributed by atoms with van der Waals surface area (Å²) < 4.78 is 33.0. The number of carbonyl (C=O) groups is 3. The lowest BCUT2D eigenvalue weighted by Crippen LogP contribution is -2.31. The Morgan fingerprint density at radius 2 is 1.30 bits per heavy atom. The molecule has 0 radical (unpaired) electrons. The Morgan fingerprint density at radius 3 is 1.90 bits per heavy atom. The van der Waals surface area contributed by atoms with Crippen LogP contribution < -0.4 is 16.8 Å². The van der Waals surface area contributed by atoms with Crippen molar-refractivity contribution in [2.75, 3.05) is 130 Å². The van der Waals surface area contributed by atoms with Crippen LogP contribution in [0.1, 0.15) is 56.1 Å². The third-order valence-corrected chi connectivity index (χ3v) is 9.20. The van der Waals surface area contributed by atoms with E-state index in [4.69, 9.17) is 51.4 Å².